The van der Waals surface area contributed by atoms with Crippen molar-refractivity contribution >= 4 is 12.4 Å². The van der Waals surface area contributed by atoms with Gasteiger partial charge in [-0.25, -0.2) is 9.37 Å². The highest BCUT2D eigenvalue weighted by Gasteiger charge is 2.18. The van der Waals surface area contributed by atoms with Gasteiger partial charge in [0.2, 0.25) is 0 Å². The highest BCUT2D eigenvalue weighted by atomic mass is 35.5. The molecule has 0 fully saturated rings. The van der Waals surface area contributed by atoms with Gasteiger partial charge >= 0.3 is 0 Å². The molecule has 1 atom stereocenters. The lowest BCUT2D eigenvalue weighted by atomic mass is 10.1. The van der Waals surface area contributed by atoms with E-state index in [0.717, 1.165) is 28.5 Å². The Bertz CT molecular complexity index is 1010. The average Bonchev–Trinajstić information content (AvgIpc) is 3.33. The summed E-state index contributed by atoms with van der Waals surface area (Å²) in [5.74, 6) is 2.21. The van der Waals surface area contributed by atoms with Crippen LogP contribution >= 0.6 is 12.4 Å². The molecule has 0 aliphatic rings. The number of rotatable bonds is 6. The Labute approximate surface area is 169 Å². The molecule has 0 saturated heterocycles. The minimum Gasteiger partial charge on any atom is -0.460 e. The second kappa shape index (κ2) is 8.87. The summed E-state index contributed by atoms with van der Waals surface area (Å²) in [7, 11) is 1.99. The van der Waals surface area contributed by atoms with Crippen molar-refractivity contribution in [3.05, 3.63) is 102 Å². The second-order valence-electron chi connectivity index (χ2n) is 6.39. The van der Waals surface area contributed by atoms with Crippen molar-refractivity contribution in [1.82, 2.24) is 14.9 Å². The SMILES string of the molecule is Cl.Cn1ccnc1C(NCc1ccc(-c2ccc(F)cc2)o1)c1ccccc1. The molecule has 6 heteroatoms. The van der Waals surface area contributed by atoms with Gasteiger partial charge in [-0.05, 0) is 42.0 Å². The maximum atomic E-state index is 13.1. The van der Waals surface area contributed by atoms with Gasteiger partial charge in [0.1, 0.15) is 23.2 Å². The zero-order valence-corrected chi connectivity index (χ0v) is 16.2. The lowest BCUT2D eigenvalue weighted by Gasteiger charge is -2.18. The molecule has 0 aliphatic heterocycles. The van der Waals surface area contributed by atoms with Crippen LogP contribution in [0.5, 0.6) is 0 Å². The van der Waals surface area contributed by atoms with Crippen molar-refractivity contribution in [3.8, 4) is 11.3 Å². The van der Waals surface area contributed by atoms with E-state index in [0.29, 0.717) is 6.54 Å². The van der Waals surface area contributed by atoms with Gasteiger partial charge in [0.15, 0.2) is 0 Å². The fraction of sp³-hybridized carbons (Fsp3) is 0.136. The van der Waals surface area contributed by atoms with Crippen LogP contribution in [0.15, 0.2) is 83.5 Å². The van der Waals surface area contributed by atoms with Gasteiger partial charge in [-0.2, -0.15) is 0 Å². The number of benzene rings is 2. The molecule has 0 spiro atoms. The van der Waals surface area contributed by atoms with Gasteiger partial charge in [0.05, 0.1) is 12.6 Å². The molecular formula is C22H21ClFN3O. The quantitative estimate of drug-likeness (QED) is 0.491. The summed E-state index contributed by atoms with van der Waals surface area (Å²) in [6.45, 7) is 0.549. The molecule has 28 heavy (non-hydrogen) atoms. The van der Waals surface area contributed by atoms with Crippen LogP contribution in [0.1, 0.15) is 23.2 Å². The van der Waals surface area contributed by atoms with Crippen molar-refractivity contribution < 1.29 is 8.81 Å². The monoisotopic (exact) mass is 397 g/mol. The highest BCUT2D eigenvalue weighted by molar-refractivity contribution is 5.85. The Balaban J connectivity index is 0.00000225. The number of furan rings is 1. The Kier molecular flexibility index (Phi) is 6.29. The fourth-order valence-corrected chi connectivity index (χ4v) is 3.10. The highest BCUT2D eigenvalue weighted by Crippen LogP contribution is 2.24. The molecule has 1 unspecified atom stereocenters. The normalized spacial score (nSPS) is 11.8. The Morgan fingerprint density at radius 2 is 1.79 bits per heavy atom. The van der Waals surface area contributed by atoms with E-state index in [1.165, 1.54) is 12.1 Å². The lowest BCUT2D eigenvalue weighted by Crippen LogP contribution is -2.24. The molecule has 2 aromatic heterocycles. The van der Waals surface area contributed by atoms with Crippen molar-refractivity contribution in [2.24, 2.45) is 7.05 Å². The molecular weight excluding hydrogens is 377 g/mol. The summed E-state index contributed by atoms with van der Waals surface area (Å²) in [5.41, 5.74) is 1.99. The predicted octanol–water partition coefficient (Wildman–Crippen LogP) is 5.12. The molecule has 0 saturated carbocycles. The molecule has 0 bridgehead atoms. The number of halogens is 2. The molecule has 144 valence electrons. The first-order chi connectivity index (χ1) is 13.2. The molecule has 1 N–H and O–H groups in total. The molecule has 4 rings (SSSR count). The van der Waals surface area contributed by atoms with Crippen LogP contribution < -0.4 is 5.32 Å². The maximum Gasteiger partial charge on any atom is 0.134 e. The smallest absolute Gasteiger partial charge is 0.134 e. The number of imidazole rings is 1. The van der Waals surface area contributed by atoms with Crippen LogP contribution in [0.3, 0.4) is 0 Å². The summed E-state index contributed by atoms with van der Waals surface area (Å²) in [4.78, 5) is 4.50. The molecule has 2 aromatic carbocycles. The standard InChI is InChI=1S/C22H20FN3O.ClH/c1-26-14-13-24-22(26)21(17-5-3-2-4-6-17)25-15-19-11-12-20(27-19)16-7-9-18(23)10-8-16;/h2-14,21,25H,15H2,1H3;1H. The third-order valence-corrected chi connectivity index (χ3v) is 4.52. The van der Waals surface area contributed by atoms with Crippen molar-refractivity contribution in [1.29, 1.82) is 0 Å². The van der Waals surface area contributed by atoms with Crippen molar-refractivity contribution in [2.75, 3.05) is 0 Å². The van der Waals surface area contributed by atoms with Crippen LogP contribution in [-0.2, 0) is 13.6 Å². The number of nitrogens with zero attached hydrogens (tertiary/aromatic N) is 2. The summed E-state index contributed by atoms with van der Waals surface area (Å²) >= 11 is 0. The maximum absolute atomic E-state index is 13.1. The summed E-state index contributed by atoms with van der Waals surface area (Å²) in [6.07, 6.45) is 3.74. The first kappa shape index (κ1) is 19.9. The third-order valence-electron chi connectivity index (χ3n) is 4.52. The van der Waals surface area contributed by atoms with Crippen LogP contribution in [0.2, 0.25) is 0 Å². The molecule has 0 amide bonds. The van der Waals surface area contributed by atoms with E-state index in [4.69, 9.17) is 4.42 Å². The Hall–Kier alpha value is -2.89. The zero-order chi connectivity index (χ0) is 18.6. The number of nitrogens with one attached hydrogen (secondary N) is 1. The van der Waals surface area contributed by atoms with Gasteiger partial charge in [-0.15, -0.1) is 12.4 Å². The number of hydrogen-bond donors (Lipinski definition) is 1. The Morgan fingerprint density at radius 1 is 1.04 bits per heavy atom. The number of aryl methyl sites for hydroxylation is 1. The molecule has 0 radical (unpaired) electrons. The van der Waals surface area contributed by atoms with Gasteiger partial charge in [0.25, 0.3) is 0 Å². The lowest BCUT2D eigenvalue weighted by molar-refractivity contribution is 0.467. The van der Waals surface area contributed by atoms with E-state index in [1.807, 2.05) is 48.1 Å². The summed E-state index contributed by atoms with van der Waals surface area (Å²) in [6, 6.07) is 20.3. The topological polar surface area (TPSA) is 43.0 Å². The van der Waals surface area contributed by atoms with Crippen LogP contribution in [-0.4, -0.2) is 9.55 Å². The van der Waals surface area contributed by atoms with E-state index in [1.54, 1.807) is 18.3 Å². The molecule has 4 nitrogen and oxygen atoms in total. The predicted molar refractivity (Wildman–Crippen MR) is 110 cm³/mol. The first-order valence-electron chi connectivity index (χ1n) is 8.81. The van der Waals surface area contributed by atoms with Gasteiger partial charge in [-0.3, -0.25) is 5.32 Å². The summed E-state index contributed by atoms with van der Waals surface area (Å²) in [5, 5.41) is 3.53. The second-order valence-corrected chi connectivity index (χ2v) is 6.39. The Morgan fingerprint density at radius 3 is 2.46 bits per heavy atom. The fourth-order valence-electron chi connectivity index (χ4n) is 3.10. The van der Waals surface area contributed by atoms with Crippen molar-refractivity contribution in [2.45, 2.75) is 12.6 Å². The number of hydrogen-bond acceptors (Lipinski definition) is 3. The average molecular weight is 398 g/mol. The summed E-state index contributed by atoms with van der Waals surface area (Å²) < 4.78 is 21.0. The zero-order valence-electron chi connectivity index (χ0n) is 15.4. The molecule has 4 aromatic rings. The van der Waals surface area contributed by atoms with Crippen LogP contribution in [0, 0.1) is 5.82 Å². The minimum atomic E-state index is -0.257. The largest absolute Gasteiger partial charge is 0.460 e. The molecule has 2 heterocycles. The van der Waals surface area contributed by atoms with Gasteiger partial charge < -0.3 is 8.98 Å². The van der Waals surface area contributed by atoms with Crippen LogP contribution in [0.25, 0.3) is 11.3 Å². The third kappa shape index (κ3) is 4.32. The minimum absolute atomic E-state index is 0. The van der Waals surface area contributed by atoms with Crippen molar-refractivity contribution in [3.63, 3.8) is 0 Å². The first-order valence-corrected chi connectivity index (χ1v) is 8.81. The van der Waals surface area contributed by atoms with E-state index >= 15 is 0 Å². The van der Waals surface area contributed by atoms with Gasteiger partial charge in [0, 0.05) is 25.0 Å². The van der Waals surface area contributed by atoms with E-state index < -0.39 is 0 Å². The molecule has 0 aliphatic carbocycles. The van der Waals surface area contributed by atoms with E-state index in [-0.39, 0.29) is 24.3 Å². The number of aromatic nitrogens is 2. The van der Waals surface area contributed by atoms with Gasteiger partial charge in [-0.1, -0.05) is 30.3 Å². The van der Waals surface area contributed by atoms with E-state index in [9.17, 15) is 4.39 Å². The van der Waals surface area contributed by atoms with E-state index in [2.05, 4.69) is 22.4 Å². The van der Waals surface area contributed by atoms with Crippen LogP contribution in [0.4, 0.5) is 4.39 Å².